The fourth-order valence-electron chi connectivity index (χ4n) is 1.47. The number of aromatic nitrogens is 1. The largest absolute Gasteiger partial charge is 0.278 e. The average Bonchev–Trinajstić information content (AvgIpc) is 2.46. The Balaban J connectivity index is 2.14. The molecular formula is C13H12N4O2. The average molecular weight is 256 g/mol. The third-order valence-electron chi connectivity index (χ3n) is 2.45. The van der Waals surface area contributed by atoms with E-state index in [1.807, 2.05) is 25.1 Å². The van der Waals surface area contributed by atoms with E-state index in [0.717, 1.165) is 5.69 Å². The molecule has 2 aromatic rings. The van der Waals surface area contributed by atoms with Crippen LogP contribution in [0.5, 0.6) is 0 Å². The molecule has 2 rings (SSSR count). The molecule has 1 heterocycles. The molecule has 0 bridgehead atoms. The summed E-state index contributed by atoms with van der Waals surface area (Å²) in [5.41, 5.74) is 4.82. The predicted molar refractivity (Wildman–Crippen MR) is 73.2 cm³/mol. The minimum Gasteiger partial charge on any atom is -0.278 e. The number of non-ortho nitro benzene ring substituents is 1. The number of nitro benzene ring substituents is 1. The molecule has 0 aliphatic carbocycles. The van der Waals surface area contributed by atoms with Crippen LogP contribution >= 0.6 is 0 Å². The third-order valence-corrected chi connectivity index (χ3v) is 2.45. The number of nitrogens with zero attached hydrogens (tertiary/aromatic N) is 3. The van der Waals surface area contributed by atoms with Crippen molar-refractivity contribution >= 4 is 17.1 Å². The van der Waals surface area contributed by atoms with E-state index >= 15 is 0 Å². The van der Waals surface area contributed by atoms with Gasteiger partial charge in [-0.25, -0.2) is 0 Å². The van der Waals surface area contributed by atoms with Gasteiger partial charge < -0.3 is 0 Å². The predicted octanol–water partition coefficient (Wildman–Crippen LogP) is 2.83. The Bertz CT molecular complexity index is 611. The molecule has 0 spiro atoms. The van der Waals surface area contributed by atoms with E-state index in [2.05, 4.69) is 15.5 Å². The van der Waals surface area contributed by atoms with Crippen molar-refractivity contribution in [2.45, 2.75) is 6.92 Å². The maximum atomic E-state index is 10.6. The summed E-state index contributed by atoms with van der Waals surface area (Å²) in [5.74, 6) is 0. The molecule has 0 amide bonds. The van der Waals surface area contributed by atoms with Gasteiger partial charge in [-0.15, -0.1) is 0 Å². The SMILES string of the molecule is C/C(=N\Nc1cccc([N+](=O)[O-])c1)c1ccccn1. The topological polar surface area (TPSA) is 80.4 Å². The lowest BCUT2D eigenvalue weighted by atomic mass is 10.2. The first-order chi connectivity index (χ1) is 9.16. The summed E-state index contributed by atoms with van der Waals surface area (Å²) in [6.07, 6.45) is 1.68. The van der Waals surface area contributed by atoms with Crippen molar-refractivity contribution in [2.75, 3.05) is 5.43 Å². The van der Waals surface area contributed by atoms with Gasteiger partial charge in [-0.05, 0) is 25.1 Å². The van der Waals surface area contributed by atoms with Crippen LogP contribution in [0, 0.1) is 10.1 Å². The van der Waals surface area contributed by atoms with Crippen LogP contribution in [0.1, 0.15) is 12.6 Å². The monoisotopic (exact) mass is 256 g/mol. The molecule has 0 unspecified atom stereocenters. The number of nitro groups is 1. The number of nitrogens with one attached hydrogen (secondary N) is 1. The summed E-state index contributed by atoms with van der Waals surface area (Å²) >= 11 is 0. The smallest absolute Gasteiger partial charge is 0.271 e. The van der Waals surface area contributed by atoms with E-state index in [1.54, 1.807) is 18.3 Å². The molecule has 0 saturated carbocycles. The van der Waals surface area contributed by atoms with Gasteiger partial charge in [0, 0.05) is 18.3 Å². The van der Waals surface area contributed by atoms with E-state index in [0.29, 0.717) is 11.4 Å². The van der Waals surface area contributed by atoms with Crippen LogP contribution in [0.2, 0.25) is 0 Å². The standard InChI is InChI=1S/C13H12N4O2/c1-10(13-7-2-3-8-14-13)15-16-11-5-4-6-12(9-11)17(18)19/h2-9,16H,1H3/b15-10+. The molecule has 96 valence electrons. The first-order valence-electron chi connectivity index (χ1n) is 5.63. The van der Waals surface area contributed by atoms with Gasteiger partial charge in [-0.3, -0.25) is 20.5 Å². The van der Waals surface area contributed by atoms with Crippen molar-refractivity contribution in [3.8, 4) is 0 Å². The van der Waals surface area contributed by atoms with Gasteiger partial charge in [0.25, 0.3) is 5.69 Å². The highest BCUT2D eigenvalue weighted by Crippen LogP contribution is 2.17. The summed E-state index contributed by atoms with van der Waals surface area (Å²) in [6, 6.07) is 11.7. The van der Waals surface area contributed by atoms with Crippen LogP contribution in [0.15, 0.2) is 53.8 Å². The molecule has 1 N–H and O–H groups in total. The summed E-state index contributed by atoms with van der Waals surface area (Å²) < 4.78 is 0. The first kappa shape index (κ1) is 12.7. The van der Waals surface area contributed by atoms with Gasteiger partial charge in [0.2, 0.25) is 0 Å². The lowest BCUT2D eigenvalue weighted by molar-refractivity contribution is -0.384. The van der Waals surface area contributed by atoms with Crippen LogP contribution in [0.4, 0.5) is 11.4 Å². The van der Waals surface area contributed by atoms with Gasteiger partial charge in [-0.1, -0.05) is 12.1 Å². The Morgan fingerprint density at radius 1 is 1.32 bits per heavy atom. The van der Waals surface area contributed by atoms with Gasteiger partial charge in [0.1, 0.15) is 0 Å². The zero-order valence-electron chi connectivity index (χ0n) is 10.3. The summed E-state index contributed by atoms with van der Waals surface area (Å²) in [6.45, 7) is 1.81. The number of hydrazone groups is 1. The van der Waals surface area contributed by atoms with Crippen LogP contribution in [-0.2, 0) is 0 Å². The highest BCUT2D eigenvalue weighted by molar-refractivity contribution is 5.97. The number of anilines is 1. The molecule has 0 aliphatic rings. The van der Waals surface area contributed by atoms with E-state index in [9.17, 15) is 10.1 Å². The molecule has 1 aromatic heterocycles. The molecular weight excluding hydrogens is 244 g/mol. The van der Waals surface area contributed by atoms with Crippen LogP contribution in [0.25, 0.3) is 0 Å². The van der Waals surface area contributed by atoms with Crippen LogP contribution < -0.4 is 5.43 Å². The second-order valence-electron chi connectivity index (χ2n) is 3.83. The third kappa shape index (κ3) is 3.35. The Hall–Kier alpha value is -2.76. The second-order valence-corrected chi connectivity index (χ2v) is 3.83. The Morgan fingerprint density at radius 2 is 2.16 bits per heavy atom. The maximum Gasteiger partial charge on any atom is 0.271 e. The van der Waals surface area contributed by atoms with Crippen LogP contribution in [0.3, 0.4) is 0 Å². The zero-order valence-corrected chi connectivity index (χ0v) is 10.3. The molecule has 0 saturated heterocycles. The lowest BCUT2D eigenvalue weighted by Gasteiger charge is -2.02. The molecule has 19 heavy (non-hydrogen) atoms. The van der Waals surface area contributed by atoms with Gasteiger partial charge in [0.05, 0.1) is 22.0 Å². The molecule has 0 aliphatic heterocycles. The Labute approximate surface area is 110 Å². The van der Waals surface area contributed by atoms with Crippen molar-refractivity contribution < 1.29 is 4.92 Å². The zero-order chi connectivity index (χ0) is 13.7. The van der Waals surface area contributed by atoms with E-state index in [4.69, 9.17) is 0 Å². The molecule has 1 aromatic carbocycles. The minimum absolute atomic E-state index is 0.0238. The minimum atomic E-state index is -0.444. The van der Waals surface area contributed by atoms with Crippen molar-refractivity contribution in [1.29, 1.82) is 0 Å². The first-order valence-corrected chi connectivity index (χ1v) is 5.63. The Morgan fingerprint density at radius 3 is 2.84 bits per heavy atom. The molecule has 0 atom stereocenters. The van der Waals surface area contributed by atoms with Crippen molar-refractivity contribution in [2.24, 2.45) is 5.10 Å². The number of benzene rings is 1. The van der Waals surface area contributed by atoms with Crippen LogP contribution in [-0.4, -0.2) is 15.6 Å². The van der Waals surface area contributed by atoms with E-state index in [1.165, 1.54) is 12.1 Å². The number of hydrogen-bond acceptors (Lipinski definition) is 5. The number of hydrogen-bond donors (Lipinski definition) is 1. The van der Waals surface area contributed by atoms with Gasteiger partial charge in [-0.2, -0.15) is 5.10 Å². The fraction of sp³-hybridized carbons (Fsp3) is 0.0769. The van der Waals surface area contributed by atoms with Crippen molar-refractivity contribution in [3.05, 3.63) is 64.5 Å². The van der Waals surface area contributed by atoms with Gasteiger partial charge in [0.15, 0.2) is 0 Å². The summed E-state index contributed by atoms with van der Waals surface area (Å²) in [4.78, 5) is 14.4. The van der Waals surface area contributed by atoms with E-state index in [-0.39, 0.29) is 5.69 Å². The Kier molecular flexibility index (Phi) is 3.82. The van der Waals surface area contributed by atoms with E-state index < -0.39 is 4.92 Å². The normalized spacial score (nSPS) is 11.1. The number of pyridine rings is 1. The highest BCUT2D eigenvalue weighted by atomic mass is 16.6. The molecule has 6 nitrogen and oxygen atoms in total. The molecule has 0 radical (unpaired) electrons. The highest BCUT2D eigenvalue weighted by Gasteiger charge is 2.05. The summed E-state index contributed by atoms with van der Waals surface area (Å²) in [7, 11) is 0. The van der Waals surface area contributed by atoms with Gasteiger partial charge >= 0.3 is 0 Å². The summed E-state index contributed by atoms with van der Waals surface area (Å²) in [5, 5.41) is 14.8. The fourth-order valence-corrected chi connectivity index (χ4v) is 1.47. The maximum absolute atomic E-state index is 10.6. The lowest BCUT2D eigenvalue weighted by Crippen LogP contribution is -2.01. The molecule has 0 fully saturated rings. The number of rotatable bonds is 4. The van der Waals surface area contributed by atoms with Crippen molar-refractivity contribution in [1.82, 2.24) is 4.98 Å². The molecule has 6 heteroatoms. The quantitative estimate of drug-likeness (QED) is 0.518. The second kappa shape index (κ2) is 5.72. The van der Waals surface area contributed by atoms with Crippen molar-refractivity contribution in [3.63, 3.8) is 0 Å².